The van der Waals surface area contributed by atoms with Crippen LogP contribution in [0.4, 0.5) is 0 Å². The minimum Gasteiger partial charge on any atom is -0.409 e. The van der Waals surface area contributed by atoms with E-state index in [1.54, 1.807) is 12.0 Å². The van der Waals surface area contributed by atoms with Crippen molar-refractivity contribution >= 4 is 23.1 Å². The Balaban J connectivity index is 2.78. The first kappa shape index (κ1) is 16.5. The highest BCUT2D eigenvalue weighted by Crippen LogP contribution is 2.19. The third-order valence-electron chi connectivity index (χ3n) is 2.94. The van der Waals surface area contributed by atoms with Crippen molar-refractivity contribution in [2.45, 2.75) is 19.8 Å². The molecule has 0 bridgehead atoms. The van der Waals surface area contributed by atoms with Gasteiger partial charge in [0.25, 0.3) is 5.91 Å². The van der Waals surface area contributed by atoms with Crippen LogP contribution in [0.25, 0.3) is 0 Å². The number of carbonyl (C=O) groups is 1. The molecule has 1 aromatic heterocycles. The molecular weight excluding hydrogens is 278 g/mol. The topological polar surface area (TPSA) is 88.2 Å². The van der Waals surface area contributed by atoms with Crippen LogP contribution in [0, 0.1) is 0 Å². The van der Waals surface area contributed by atoms with E-state index in [2.05, 4.69) is 5.16 Å². The second-order valence-electron chi connectivity index (χ2n) is 4.25. The van der Waals surface area contributed by atoms with Crippen LogP contribution in [-0.4, -0.2) is 48.7 Å². The summed E-state index contributed by atoms with van der Waals surface area (Å²) in [5.74, 6) is 0.0850. The van der Waals surface area contributed by atoms with Gasteiger partial charge >= 0.3 is 0 Å². The number of hydrogen-bond acceptors (Lipinski definition) is 5. The molecule has 0 spiro atoms. The van der Waals surface area contributed by atoms with Crippen LogP contribution in [0.2, 0.25) is 0 Å². The average Bonchev–Trinajstić information content (AvgIpc) is 2.94. The zero-order chi connectivity index (χ0) is 15.0. The predicted molar refractivity (Wildman–Crippen MR) is 79.5 cm³/mol. The third kappa shape index (κ3) is 4.50. The van der Waals surface area contributed by atoms with E-state index in [0.29, 0.717) is 26.1 Å². The molecule has 1 amide bonds. The van der Waals surface area contributed by atoms with Gasteiger partial charge in [-0.15, -0.1) is 11.3 Å². The number of methoxy groups -OCH3 is 1. The smallest absolute Gasteiger partial charge is 0.264 e. The molecule has 0 aliphatic rings. The van der Waals surface area contributed by atoms with E-state index < -0.39 is 0 Å². The molecule has 0 saturated heterocycles. The highest BCUT2D eigenvalue weighted by atomic mass is 32.1. The van der Waals surface area contributed by atoms with Crippen LogP contribution in [0.1, 0.15) is 28.6 Å². The quantitative estimate of drug-likeness (QED) is 0.330. The van der Waals surface area contributed by atoms with Crippen molar-refractivity contribution in [2.75, 3.05) is 26.8 Å². The van der Waals surface area contributed by atoms with Gasteiger partial charge in [-0.25, -0.2) is 0 Å². The zero-order valence-corrected chi connectivity index (χ0v) is 12.7. The summed E-state index contributed by atoms with van der Waals surface area (Å²) in [4.78, 5) is 15.0. The fourth-order valence-electron chi connectivity index (χ4n) is 1.76. The first-order valence-electron chi connectivity index (χ1n) is 6.45. The monoisotopic (exact) mass is 299 g/mol. The predicted octanol–water partition coefficient (Wildman–Crippen LogP) is 1.54. The van der Waals surface area contributed by atoms with Crippen molar-refractivity contribution in [1.29, 1.82) is 0 Å². The molecule has 3 N–H and O–H groups in total. The number of rotatable bonds is 8. The number of amides is 1. The molecule has 0 aromatic carbocycles. The number of aryl methyl sites for hydroxylation is 1. The average molecular weight is 299 g/mol. The number of carbonyl (C=O) groups excluding carboxylic acids is 1. The molecule has 1 rings (SSSR count). The van der Waals surface area contributed by atoms with E-state index in [0.717, 1.165) is 16.9 Å². The van der Waals surface area contributed by atoms with Crippen molar-refractivity contribution in [3.63, 3.8) is 0 Å². The SMILES string of the molecule is CCc1ccsc1C(=O)N(CCOC)CC/C(N)=N/O. The molecular formula is C13H21N3O3S. The van der Waals surface area contributed by atoms with Crippen LogP contribution in [0.15, 0.2) is 16.6 Å². The van der Waals surface area contributed by atoms with E-state index in [9.17, 15) is 4.79 Å². The summed E-state index contributed by atoms with van der Waals surface area (Å²) in [5, 5.41) is 13.4. The Hall–Kier alpha value is -1.60. The first-order valence-corrected chi connectivity index (χ1v) is 7.33. The Labute approximate surface area is 122 Å². The summed E-state index contributed by atoms with van der Waals surface area (Å²) in [6.45, 7) is 3.36. The molecule has 1 aromatic rings. The maximum absolute atomic E-state index is 12.5. The van der Waals surface area contributed by atoms with Gasteiger partial charge in [-0.1, -0.05) is 12.1 Å². The number of nitrogens with zero attached hydrogens (tertiary/aromatic N) is 2. The van der Waals surface area contributed by atoms with Gasteiger partial charge in [0.2, 0.25) is 0 Å². The second kappa shape index (κ2) is 8.55. The van der Waals surface area contributed by atoms with E-state index in [-0.39, 0.29) is 11.7 Å². The van der Waals surface area contributed by atoms with Crippen molar-refractivity contribution in [3.05, 3.63) is 21.9 Å². The maximum atomic E-state index is 12.5. The van der Waals surface area contributed by atoms with Gasteiger partial charge in [0.1, 0.15) is 5.84 Å². The molecule has 6 nitrogen and oxygen atoms in total. The lowest BCUT2D eigenvalue weighted by molar-refractivity contribution is 0.0704. The largest absolute Gasteiger partial charge is 0.409 e. The summed E-state index contributed by atoms with van der Waals surface area (Å²) in [7, 11) is 1.59. The Kier molecular flexibility index (Phi) is 7.03. The number of nitrogens with two attached hydrogens (primary N) is 1. The van der Waals surface area contributed by atoms with E-state index in [1.807, 2.05) is 18.4 Å². The zero-order valence-electron chi connectivity index (χ0n) is 11.8. The molecule has 0 aliphatic carbocycles. The van der Waals surface area contributed by atoms with Crippen molar-refractivity contribution in [1.82, 2.24) is 4.90 Å². The lowest BCUT2D eigenvalue weighted by Crippen LogP contribution is -2.36. The number of amidine groups is 1. The van der Waals surface area contributed by atoms with Crippen molar-refractivity contribution in [3.8, 4) is 0 Å². The van der Waals surface area contributed by atoms with Gasteiger partial charge in [0.05, 0.1) is 11.5 Å². The van der Waals surface area contributed by atoms with Gasteiger partial charge in [-0.05, 0) is 23.4 Å². The Morgan fingerprint density at radius 1 is 1.55 bits per heavy atom. The minimum absolute atomic E-state index is 0.0281. The highest BCUT2D eigenvalue weighted by molar-refractivity contribution is 7.12. The second-order valence-corrected chi connectivity index (χ2v) is 5.17. The van der Waals surface area contributed by atoms with Crippen molar-refractivity contribution in [2.24, 2.45) is 10.9 Å². The molecule has 1 heterocycles. The molecule has 0 fully saturated rings. The van der Waals surface area contributed by atoms with Crippen molar-refractivity contribution < 1.29 is 14.7 Å². The van der Waals surface area contributed by atoms with Gasteiger partial charge < -0.3 is 20.6 Å². The number of thiophene rings is 1. The lowest BCUT2D eigenvalue weighted by Gasteiger charge is -2.22. The summed E-state index contributed by atoms with van der Waals surface area (Å²) >= 11 is 1.44. The Morgan fingerprint density at radius 3 is 2.90 bits per heavy atom. The van der Waals surface area contributed by atoms with Gasteiger partial charge in [0, 0.05) is 26.6 Å². The lowest BCUT2D eigenvalue weighted by atomic mass is 10.2. The molecule has 7 heteroatoms. The Morgan fingerprint density at radius 2 is 2.30 bits per heavy atom. The number of ether oxygens (including phenoxy) is 1. The van der Waals surface area contributed by atoms with Crippen LogP contribution in [0.3, 0.4) is 0 Å². The van der Waals surface area contributed by atoms with Crippen LogP contribution < -0.4 is 5.73 Å². The molecule has 20 heavy (non-hydrogen) atoms. The minimum atomic E-state index is -0.0281. The number of hydrogen-bond donors (Lipinski definition) is 2. The summed E-state index contributed by atoms with van der Waals surface area (Å²) in [5.41, 5.74) is 6.51. The van der Waals surface area contributed by atoms with Crippen LogP contribution >= 0.6 is 11.3 Å². The Bertz CT molecular complexity index is 459. The van der Waals surface area contributed by atoms with Crippen LogP contribution in [0.5, 0.6) is 0 Å². The normalized spacial score (nSPS) is 11.6. The summed E-state index contributed by atoms with van der Waals surface area (Å²) < 4.78 is 5.03. The fourth-order valence-corrected chi connectivity index (χ4v) is 2.72. The van der Waals surface area contributed by atoms with E-state index in [4.69, 9.17) is 15.7 Å². The van der Waals surface area contributed by atoms with E-state index >= 15 is 0 Å². The molecule has 0 unspecified atom stereocenters. The van der Waals surface area contributed by atoms with Gasteiger partial charge in [-0.2, -0.15) is 0 Å². The third-order valence-corrected chi connectivity index (χ3v) is 3.89. The summed E-state index contributed by atoms with van der Waals surface area (Å²) in [6.07, 6.45) is 1.15. The standard InChI is InChI=1S/C13H21N3O3S/c1-3-10-5-9-20-12(10)13(17)16(7-8-19-2)6-4-11(14)15-18/h5,9,18H,3-4,6-8H2,1-2H3,(H2,14,15). The number of oxime groups is 1. The fraction of sp³-hybridized carbons (Fsp3) is 0.538. The molecule has 112 valence electrons. The molecule has 0 aliphatic heterocycles. The molecule has 0 saturated carbocycles. The maximum Gasteiger partial charge on any atom is 0.264 e. The summed E-state index contributed by atoms with van der Waals surface area (Å²) in [6, 6.07) is 1.97. The molecule has 0 radical (unpaired) electrons. The molecule has 0 atom stereocenters. The van der Waals surface area contributed by atoms with E-state index in [1.165, 1.54) is 11.3 Å². The highest BCUT2D eigenvalue weighted by Gasteiger charge is 2.19. The first-order chi connectivity index (χ1) is 9.63. The van der Waals surface area contributed by atoms with Crippen LogP contribution in [-0.2, 0) is 11.2 Å². The van der Waals surface area contributed by atoms with Gasteiger partial charge in [0.15, 0.2) is 0 Å². The van der Waals surface area contributed by atoms with Gasteiger partial charge in [-0.3, -0.25) is 4.79 Å².